The van der Waals surface area contributed by atoms with Crippen molar-refractivity contribution in [3.63, 3.8) is 0 Å². The van der Waals surface area contributed by atoms with Gasteiger partial charge in [0.15, 0.2) is 11.5 Å². The zero-order valence-corrected chi connectivity index (χ0v) is 20.9. The predicted molar refractivity (Wildman–Crippen MR) is 133 cm³/mol. The summed E-state index contributed by atoms with van der Waals surface area (Å²) in [4.78, 5) is 15.5. The zero-order valence-electron chi connectivity index (χ0n) is 20.9. The molecule has 1 fully saturated rings. The number of carbonyl (C=O) groups is 1. The number of carbonyl (C=O) groups excluding carboxylic acids is 1. The summed E-state index contributed by atoms with van der Waals surface area (Å²) in [5.41, 5.74) is 1.54. The molecule has 7 heteroatoms. The van der Waals surface area contributed by atoms with Gasteiger partial charge in [0.1, 0.15) is 0 Å². The van der Waals surface area contributed by atoms with Gasteiger partial charge in [-0.1, -0.05) is 43.7 Å². The van der Waals surface area contributed by atoms with Crippen LogP contribution in [0.2, 0.25) is 0 Å². The first-order chi connectivity index (χ1) is 16.5. The van der Waals surface area contributed by atoms with Gasteiger partial charge in [-0.25, -0.2) is 0 Å². The second-order valence-electron chi connectivity index (χ2n) is 8.77. The van der Waals surface area contributed by atoms with Gasteiger partial charge < -0.3 is 24.3 Å². The van der Waals surface area contributed by atoms with Crippen molar-refractivity contribution in [2.75, 3.05) is 47.6 Å². The van der Waals surface area contributed by atoms with E-state index in [1.807, 2.05) is 6.07 Å². The van der Waals surface area contributed by atoms with Crippen LogP contribution in [0.25, 0.3) is 0 Å². The topological polar surface area (TPSA) is 69.3 Å². The van der Waals surface area contributed by atoms with Crippen molar-refractivity contribution in [1.29, 1.82) is 0 Å². The standard InChI is InChI=1S/C27H38N2O5/c1-5-6-14-34-25-23(31-3)17-22(18-24(25)32-4)26(30)28-20-27(12-15-33-16-13-27)29(2)19-21-10-8-7-9-11-21/h7-11,17-18H,5-6,12-16,19-20H2,1-4H3,(H,28,30). The molecule has 0 saturated carbocycles. The zero-order chi connectivity index (χ0) is 24.4. The maximum atomic E-state index is 13.2. The van der Waals surface area contributed by atoms with Crippen molar-refractivity contribution in [3.8, 4) is 17.2 Å². The molecular weight excluding hydrogens is 432 g/mol. The van der Waals surface area contributed by atoms with E-state index < -0.39 is 0 Å². The first-order valence-electron chi connectivity index (χ1n) is 12.0. The molecule has 1 saturated heterocycles. The highest BCUT2D eigenvalue weighted by Gasteiger charge is 2.37. The van der Waals surface area contributed by atoms with E-state index in [2.05, 4.69) is 48.5 Å². The van der Waals surface area contributed by atoms with Crippen LogP contribution >= 0.6 is 0 Å². The van der Waals surface area contributed by atoms with Gasteiger partial charge in [0.05, 0.1) is 20.8 Å². The monoisotopic (exact) mass is 470 g/mol. The van der Waals surface area contributed by atoms with E-state index in [1.165, 1.54) is 5.56 Å². The second kappa shape index (κ2) is 12.6. The van der Waals surface area contributed by atoms with Crippen LogP contribution in [0.3, 0.4) is 0 Å². The van der Waals surface area contributed by atoms with Crippen LogP contribution in [0.1, 0.15) is 48.5 Å². The molecule has 0 atom stereocenters. The van der Waals surface area contributed by atoms with Gasteiger partial charge in [-0.05, 0) is 44.0 Å². The van der Waals surface area contributed by atoms with Gasteiger partial charge in [-0.2, -0.15) is 0 Å². The van der Waals surface area contributed by atoms with E-state index in [-0.39, 0.29) is 11.4 Å². The Bertz CT molecular complexity index is 887. The molecule has 1 aliphatic rings. The maximum absolute atomic E-state index is 13.2. The summed E-state index contributed by atoms with van der Waals surface area (Å²) in [6, 6.07) is 13.8. The molecule has 2 aromatic carbocycles. The number of benzene rings is 2. The minimum Gasteiger partial charge on any atom is -0.493 e. The summed E-state index contributed by atoms with van der Waals surface area (Å²) in [6.07, 6.45) is 3.66. The fraction of sp³-hybridized carbons (Fsp3) is 0.519. The van der Waals surface area contributed by atoms with Crippen molar-refractivity contribution < 1.29 is 23.7 Å². The highest BCUT2D eigenvalue weighted by molar-refractivity contribution is 5.95. The number of likely N-dealkylation sites (N-methyl/N-ethyl adjacent to an activating group) is 1. The summed E-state index contributed by atoms with van der Waals surface area (Å²) in [6.45, 7) is 5.36. The SMILES string of the molecule is CCCCOc1c(OC)cc(C(=O)NCC2(N(C)Cc3ccccc3)CCOCC2)cc1OC. The number of methoxy groups -OCH3 is 2. The third-order valence-electron chi connectivity index (χ3n) is 6.54. The summed E-state index contributed by atoms with van der Waals surface area (Å²) in [5.74, 6) is 1.33. The average Bonchev–Trinajstić information content (AvgIpc) is 2.88. The summed E-state index contributed by atoms with van der Waals surface area (Å²) < 4.78 is 22.6. The highest BCUT2D eigenvalue weighted by atomic mass is 16.5. The van der Waals surface area contributed by atoms with Crippen molar-refractivity contribution >= 4 is 5.91 Å². The quantitative estimate of drug-likeness (QED) is 0.467. The molecule has 3 rings (SSSR count). The van der Waals surface area contributed by atoms with Crippen LogP contribution in [0.4, 0.5) is 0 Å². The van der Waals surface area contributed by atoms with Crippen molar-refractivity contribution in [1.82, 2.24) is 10.2 Å². The van der Waals surface area contributed by atoms with Crippen LogP contribution in [-0.4, -0.2) is 64.0 Å². The Hall–Kier alpha value is -2.77. The Morgan fingerprint density at radius 1 is 1.09 bits per heavy atom. The third kappa shape index (κ3) is 6.42. The van der Waals surface area contributed by atoms with E-state index in [4.69, 9.17) is 18.9 Å². The van der Waals surface area contributed by atoms with E-state index >= 15 is 0 Å². The van der Waals surface area contributed by atoms with E-state index in [1.54, 1.807) is 26.4 Å². The van der Waals surface area contributed by atoms with Crippen LogP contribution in [0.15, 0.2) is 42.5 Å². The van der Waals surface area contributed by atoms with Crippen LogP contribution in [-0.2, 0) is 11.3 Å². The molecule has 0 unspecified atom stereocenters. The molecule has 0 bridgehead atoms. The van der Waals surface area contributed by atoms with Gasteiger partial charge in [-0.15, -0.1) is 0 Å². The molecule has 0 spiro atoms. The summed E-state index contributed by atoms with van der Waals surface area (Å²) in [7, 11) is 5.26. The van der Waals surface area contributed by atoms with Crippen LogP contribution in [0.5, 0.6) is 17.2 Å². The van der Waals surface area contributed by atoms with Crippen molar-refractivity contribution in [3.05, 3.63) is 53.6 Å². The van der Waals surface area contributed by atoms with Gasteiger partial charge in [-0.3, -0.25) is 9.69 Å². The Labute approximate surface area is 203 Å². The molecule has 1 aliphatic heterocycles. The lowest BCUT2D eigenvalue weighted by Crippen LogP contribution is -2.56. The summed E-state index contributed by atoms with van der Waals surface area (Å²) in [5, 5.41) is 3.16. The minimum atomic E-state index is -0.179. The molecular formula is C27H38N2O5. The van der Waals surface area contributed by atoms with Crippen LogP contribution < -0.4 is 19.5 Å². The lowest BCUT2D eigenvalue weighted by Gasteiger charge is -2.44. The Morgan fingerprint density at radius 2 is 1.74 bits per heavy atom. The normalized spacial score (nSPS) is 15.1. The smallest absolute Gasteiger partial charge is 0.251 e. The molecule has 0 aromatic heterocycles. The molecule has 1 heterocycles. The summed E-state index contributed by atoms with van der Waals surface area (Å²) >= 11 is 0. The Kier molecular flexibility index (Phi) is 9.60. The number of nitrogens with one attached hydrogen (secondary N) is 1. The van der Waals surface area contributed by atoms with E-state index in [0.717, 1.165) is 32.2 Å². The largest absolute Gasteiger partial charge is 0.493 e. The third-order valence-corrected chi connectivity index (χ3v) is 6.54. The van der Waals surface area contributed by atoms with Gasteiger partial charge >= 0.3 is 0 Å². The van der Waals surface area contributed by atoms with E-state index in [9.17, 15) is 4.79 Å². The molecule has 7 nitrogen and oxygen atoms in total. The Balaban J connectivity index is 1.75. The molecule has 34 heavy (non-hydrogen) atoms. The Morgan fingerprint density at radius 3 is 2.32 bits per heavy atom. The number of hydrogen-bond donors (Lipinski definition) is 1. The minimum absolute atomic E-state index is 0.171. The first kappa shape index (κ1) is 25.8. The number of hydrogen-bond acceptors (Lipinski definition) is 6. The van der Waals surface area contributed by atoms with E-state index in [0.29, 0.717) is 49.2 Å². The lowest BCUT2D eigenvalue weighted by molar-refractivity contribution is -0.0200. The number of ether oxygens (including phenoxy) is 4. The molecule has 0 aliphatic carbocycles. The molecule has 2 aromatic rings. The molecule has 1 amide bonds. The molecule has 186 valence electrons. The molecule has 1 N–H and O–H groups in total. The number of rotatable bonds is 12. The van der Waals surface area contributed by atoms with Crippen molar-refractivity contribution in [2.45, 2.75) is 44.7 Å². The van der Waals surface area contributed by atoms with Gasteiger partial charge in [0, 0.05) is 37.4 Å². The predicted octanol–water partition coefficient (Wildman–Crippen LogP) is 4.29. The number of nitrogens with zero attached hydrogens (tertiary/aromatic N) is 1. The van der Waals surface area contributed by atoms with Gasteiger partial charge in [0.2, 0.25) is 5.75 Å². The first-order valence-corrected chi connectivity index (χ1v) is 12.0. The fourth-order valence-electron chi connectivity index (χ4n) is 4.29. The fourth-order valence-corrected chi connectivity index (χ4v) is 4.29. The van der Waals surface area contributed by atoms with Gasteiger partial charge in [0.25, 0.3) is 5.91 Å². The maximum Gasteiger partial charge on any atom is 0.251 e. The molecule has 0 radical (unpaired) electrons. The average molecular weight is 471 g/mol. The second-order valence-corrected chi connectivity index (χ2v) is 8.77. The van der Waals surface area contributed by atoms with Crippen LogP contribution in [0, 0.1) is 0 Å². The van der Waals surface area contributed by atoms with Crippen molar-refractivity contribution in [2.24, 2.45) is 0 Å². The number of amides is 1. The number of unbranched alkanes of at least 4 members (excludes halogenated alkanes) is 1. The highest BCUT2D eigenvalue weighted by Crippen LogP contribution is 2.39. The lowest BCUT2D eigenvalue weighted by atomic mass is 9.87.